The number of ketones is 1. The minimum Gasteiger partial charge on any atom is -0.416 e. The highest BCUT2D eigenvalue weighted by Crippen LogP contribution is 2.63. The smallest absolute Gasteiger partial charge is 0.201 e. The van der Waals surface area contributed by atoms with E-state index in [0.717, 1.165) is 24.5 Å². The molecule has 1 aromatic carbocycles. The molecule has 0 N–H and O–H groups in total. The average Bonchev–Trinajstić information content (AvgIpc) is 2.71. The van der Waals surface area contributed by atoms with Crippen LogP contribution in [0.4, 0.5) is 0 Å². The van der Waals surface area contributed by atoms with E-state index in [-0.39, 0.29) is 10.8 Å². The molecule has 0 spiro atoms. The number of Topliss-reactive ketones (excluding diaryl/α,β-unsaturated/α-hetero) is 1. The van der Waals surface area contributed by atoms with Crippen molar-refractivity contribution in [2.45, 2.75) is 83.2 Å². The zero-order valence-corrected chi connectivity index (χ0v) is 22.6. The summed E-state index contributed by atoms with van der Waals surface area (Å²) < 4.78 is 12.7. The molecule has 5 heteroatoms. The van der Waals surface area contributed by atoms with Crippen molar-refractivity contribution in [1.29, 1.82) is 0 Å². The third-order valence-electron chi connectivity index (χ3n) is 8.39. The highest BCUT2D eigenvalue weighted by atomic mass is 32.2. The Morgan fingerprint density at radius 2 is 1.84 bits per heavy atom. The van der Waals surface area contributed by atoms with Crippen LogP contribution in [0.15, 0.2) is 30.3 Å². The van der Waals surface area contributed by atoms with Crippen LogP contribution in [-0.4, -0.2) is 38.0 Å². The van der Waals surface area contributed by atoms with Crippen LogP contribution in [0.2, 0.25) is 18.1 Å². The van der Waals surface area contributed by atoms with E-state index in [1.165, 1.54) is 6.42 Å². The first-order valence-electron chi connectivity index (χ1n) is 11.9. The standard InChI is InChI=1S/C26H42O3SSi/c1-9-28-24(23(27)18-13-11-10-12-14-18)30-22-16-19-15-21(26(19,5)6)20(22)17-29-31(7,8)25(2,3)4/h10-14,19-22,24H,9,15-17H2,1-8H3/t19-,20+,21+,22+,24-/m1/s1. The molecule has 0 aliphatic heterocycles. The first kappa shape index (κ1) is 25.0. The molecule has 5 atom stereocenters. The Bertz CT molecular complexity index is 756. The lowest BCUT2D eigenvalue weighted by molar-refractivity contribution is -0.111. The van der Waals surface area contributed by atoms with Crippen molar-refractivity contribution in [2.75, 3.05) is 13.2 Å². The Morgan fingerprint density at radius 3 is 2.39 bits per heavy atom. The van der Waals surface area contributed by atoms with E-state index in [1.54, 1.807) is 11.8 Å². The molecule has 3 aliphatic rings. The van der Waals surface area contributed by atoms with Crippen LogP contribution in [0.5, 0.6) is 0 Å². The summed E-state index contributed by atoms with van der Waals surface area (Å²) in [5.74, 6) is 1.98. The molecule has 3 fully saturated rings. The van der Waals surface area contributed by atoms with E-state index < -0.39 is 13.8 Å². The van der Waals surface area contributed by atoms with Gasteiger partial charge in [0.15, 0.2) is 13.8 Å². The molecule has 174 valence electrons. The van der Waals surface area contributed by atoms with Crippen molar-refractivity contribution in [3.63, 3.8) is 0 Å². The van der Waals surface area contributed by atoms with Crippen LogP contribution >= 0.6 is 11.8 Å². The number of carbonyl (C=O) groups is 1. The maximum atomic E-state index is 13.2. The molecular weight excluding hydrogens is 420 g/mol. The Labute approximate surface area is 195 Å². The molecule has 2 bridgehead atoms. The molecule has 31 heavy (non-hydrogen) atoms. The van der Waals surface area contributed by atoms with Gasteiger partial charge in [0.1, 0.15) is 0 Å². The lowest BCUT2D eigenvalue weighted by Crippen LogP contribution is -2.59. The van der Waals surface area contributed by atoms with E-state index in [4.69, 9.17) is 9.16 Å². The fourth-order valence-electron chi connectivity index (χ4n) is 5.02. The van der Waals surface area contributed by atoms with E-state index in [2.05, 4.69) is 47.7 Å². The molecule has 3 nitrogen and oxygen atoms in total. The fourth-order valence-corrected chi connectivity index (χ4v) is 7.67. The van der Waals surface area contributed by atoms with Crippen molar-refractivity contribution in [2.24, 2.45) is 23.2 Å². The molecule has 0 aromatic heterocycles. The topological polar surface area (TPSA) is 35.5 Å². The summed E-state index contributed by atoms with van der Waals surface area (Å²) in [5.41, 5.74) is 0.681. The van der Waals surface area contributed by atoms with E-state index in [9.17, 15) is 4.79 Å². The maximum Gasteiger partial charge on any atom is 0.201 e. The number of benzene rings is 1. The number of carbonyl (C=O) groups excluding carboxylic acids is 1. The van der Waals surface area contributed by atoms with E-state index in [1.807, 2.05) is 37.3 Å². The first-order valence-corrected chi connectivity index (χ1v) is 15.7. The normalized spacial score (nSPS) is 28.6. The van der Waals surface area contributed by atoms with Crippen molar-refractivity contribution in [3.05, 3.63) is 35.9 Å². The van der Waals surface area contributed by atoms with Gasteiger partial charge in [-0.1, -0.05) is 65.0 Å². The minimum absolute atomic E-state index is 0.0926. The average molecular weight is 463 g/mol. The van der Waals surface area contributed by atoms with Crippen LogP contribution in [0.3, 0.4) is 0 Å². The van der Waals surface area contributed by atoms with Gasteiger partial charge in [0.05, 0.1) is 0 Å². The predicted octanol–water partition coefficient (Wildman–Crippen LogP) is 7.04. The van der Waals surface area contributed by atoms with Crippen molar-refractivity contribution >= 4 is 25.9 Å². The number of thioether (sulfide) groups is 1. The molecule has 0 heterocycles. The second-order valence-electron chi connectivity index (χ2n) is 11.5. The van der Waals surface area contributed by atoms with Gasteiger partial charge in [0.2, 0.25) is 5.78 Å². The fraction of sp³-hybridized carbons (Fsp3) is 0.731. The zero-order valence-electron chi connectivity index (χ0n) is 20.7. The Kier molecular flexibility index (Phi) is 7.52. The molecule has 1 aromatic rings. The number of fused-ring (bicyclic) bond motifs is 2. The van der Waals surface area contributed by atoms with Gasteiger partial charge in [0, 0.05) is 24.0 Å². The number of rotatable bonds is 9. The van der Waals surface area contributed by atoms with Gasteiger partial charge in [0.25, 0.3) is 0 Å². The number of hydrogen-bond acceptors (Lipinski definition) is 4. The molecule has 3 saturated carbocycles. The SMILES string of the molecule is CCO[C@H](S[C@H]1C[C@H]2C[C@@H]([C@@H]1CO[Si](C)(C)C(C)(C)C)C2(C)C)C(=O)c1ccccc1. The lowest BCUT2D eigenvalue weighted by atomic mass is 9.45. The van der Waals surface area contributed by atoms with Gasteiger partial charge >= 0.3 is 0 Å². The lowest BCUT2D eigenvalue weighted by Gasteiger charge is -2.63. The quantitative estimate of drug-likeness (QED) is 0.224. The summed E-state index contributed by atoms with van der Waals surface area (Å²) in [5, 5.41) is 0.616. The van der Waals surface area contributed by atoms with Crippen LogP contribution in [0, 0.1) is 23.2 Å². The van der Waals surface area contributed by atoms with E-state index >= 15 is 0 Å². The van der Waals surface area contributed by atoms with Gasteiger partial charge in [-0.15, -0.1) is 11.8 Å². The first-order chi connectivity index (χ1) is 14.4. The zero-order chi connectivity index (χ0) is 23.0. The Balaban J connectivity index is 1.77. The molecule has 0 amide bonds. The molecular formula is C26H42O3SSi. The van der Waals surface area contributed by atoms with Crippen LogP contribution in [0.25, 0.3) is 0 Å². The largest absolute Gasteiger partial charge is 0.416 e. The summed E-state index contributed by atoms with van der Waals surface area (Å²) in [6.45, 7) is 19.8. The molecule has 0 saturated heterocycles. The van der Waals surface area contributed by atoms with Gasteiger partial charge in [-0.2, -0.15) is 0 Å². The van der Waals surface area contributed by atoms with Gasteiger partial charge < -0.3 is 9.16 Å². The maximum absolute atomic E-state index is 13.2. The highest BCUT2D eigenvalue weighted by Gasteiger charge is 2.58. The predicted molar refractivity (Wildman–Crippen MR) is 134 cm³/mol. The Morgan fingerprint density at radius 1 is 1.19 bits per heavy atom. The van der Waals surface area contributed by atoms with Crippen LogP contribution in [0.1, 0.15) is 64.7 Å². The van der Waals surface area contributed by atoms with Gasteiger partial charge in [-0.25, -0.2) is 0 Å². The van der Waals surface area contributed by atoms with Crippen molar-refractivity contribution < 1.29 is 14.0 Å². The summed E-state index contributed by atoms with van der Waals surface area (Å²) in [6, 6.07) is 9.59. The number of ether oxygens (including phenoxy) is 1. The molecule has 0 unspecified atom stereocenters. The van der Waals surface area contributed by atoms with Crippen LogP contribution in [-0.2, 0) is 9.16 Å². The third-order valence-corrected chi connectivity index (χ3v) is 14.4. The van der Waals surface area contributed by atoms with Crippen LogP contribution < -0.4 is 0 Å². The second kappa shape index (κ2) is 9.32. The summed E-state index contributed by atoms with van der Waals surface area (Å²) in [4.78, 5) is 13.2. The molecule has 3 aliphatic carbocycles. The third kappa shape index (κ3) is 5.15. The monoisotopic (exact) mass is 462 g/mol. The summed E-state index contributed by atoms with van der Waals surface area (Å²) in [7, 11) is -1.81. The molecule has 0 radical (unpaired) electrons. The van der Waals surface area contributed by atoms with Crippen molar-refractivity contribution in [1.82, 2.24) is 0 Å². The van der Waals surface area contributed by atoms with Crippen molar-refractivity contribution in [3.8, 4) is 0 Å². The molecule has 4 rings (SSSR count). The Hall–Kier alpha value is -0.623. The van der Waals surface area contributed by atoms with Gasteiger partial charge in [-0.05, 0) is 61.1 Å². The second-order valence-corrected chi connectivity index (χ2v) is 17.6. The summed E-state index contributed by atoms with van der Waals surface area (Å²) >= 11 is 1.76. The highest BCUT2D eigenvalue weighted by molar-refractivity contribution is 8.01. The minimum atomic E-state index is -1.81. The number of hydrogen-bond donors (Lipinski definition) is 0. The summed E-state index contributed by atoms with van der Waals surface area (Å²) in [6.07, 6.45) is 2.47. The van der Waals surface area contributed by atoms with E-state index in [0.29, 0.717) is 29.1 Å². The van der Waals surface area contributed by atoms with Gasteiger partial charge in [-0.3, -0.25) is 4.79 Å².